The molecule has 6 N–H and O–H groups in total. The molecule has 0 radical (unpaired) electrons. The van der Waals surface area contributed by atoms with Crippen molar-refractivity contribution in [3.05, 3.63) is 117 Å². The zero-order valence-corrected chi connectivity index (χ0v) is 49.2. The molecule has 0 atom stereocenters. The number of ketones is 2. The predicted molar refractivity (Wildman–Crippen MR) is 273 cm³/mol. The molecule has 0 saturated heterocycles. The van der Waals surface area contributed by atoms with Crippen LogP contribution in [0, 0.1) is 27.7 Å². The van der Waals surface area contributed by atoms with E-state index in [0.717, 1.165) is 82.8 Å². The Bertz CT molecular complexity index is 2080. The van der Waals surface area contributed by atoms with Crippen LogP contribution >= 0.6 is 0 Å². The van der Waals surface area contributed by atoms with Crippen molar-refractivity contribution in [1.29, 1.82) is 0 Å². The van der Waals surface area contributed by atoms with Gasteiger partial charge >= 0.3 is 49.5 Å². The molecule has 4 rings (SSSR count). The van der Waals surface area contributed by atoms with Crippen molar-refractivity contribution in [2.45, 2.75) is 81.6 Å². The Morgan fingerprint density at radius 2 is 0.587 bits per heavy atom. The molecule has 18 nitrogen and oxygen atoms in total. The molecule has 0 aromatic heterocycles. The van der Waals surface area contributed by atoms with Gasteiger partial charge in [-0.1, -0.05) is 61.1 Å². The minimum absolute atomic E-state index is 0. The van der Waals surface area contributed by atoms with E-state index in [4.69, 9.17) is 18.9 Å². The topological polar surface area (TPSA) is 288 Å². The Morgan fingerprint density at radius 3 is 0.707 bits per heavy atom. The average Bonchev–Trinajstić information content (AvgIpc) is 3.26. The maximum Gasteiger partial charge on any atom is 2.00 e. The van der Waals surface area contributed by atoms with Crippen LogP contribution in [0.3, 0.4) is 0 Å². The summed E-state index contributed by atoms with van der Waals surface area (Å²) >= 11 is 0. The number of benzene rings is 4. The smallest absolute Gasteiger partial charge is 0.876 e. The Labute approximate surface area is 475 Å². The first-order valence-electron chi connectivity index (χ1n) is 22.6. The molecule has 0 aliphatic heterocycles. The van der Waals surface area contributed by atoms with Crippen molar-refractivity contribution in [1.82, 2.24) is 19.6 Å². The zero-order chi connectivity index (χ0) is 53.4. The molecule has 0 aliphatic carbocycles. The average molecular weight is 1190 g/mol. The van der Waals surface area contributed by atoms with Gasteiger partial charge in [-0.25, -0.2) is 0 Å². The SMILES string of the molecule is CC(=O)/C=C(/C)[O-].CC(=O)/C=C(/C)[O-].COc1cc(C)cc(CN(C)CCN(C)Cc2cc(C)cc(OC)c2[O-])c1[O-].COc1cc(C)cc(CN(C)CCN(C)Cc2cc(C)cc(OC)c2[O-])c1[O-].[Ni+2].[Ni+2].[Ni+2].[OH3+].[OH3+]. The van der Waals surface area contributed by atoms with Crippen LogP contribution in [0.1, 0.15) is 72.2 Å². The third kappa shape index (κ3) is 30.3. The summed E-state index contributed by atoms with van der Waals surface area (Å²) in [7, 11) is 14.0. The van der Waals surface area contributed by atoms with Gasteiger partial charge in [-0.15, -0.1) is 11.5 Å². The van der Waals surface area contributed by atoms with E-state index in [1.54, 1.807) is 24.3 Å². The monoisotopic (exact) mass is 1180 g/mol. The third-order valence-electron chi connectivity index (χ3n) is 10.3. The molecule has 0 saturated carbocycles. The van der Waals surface area contributed by atoms with E-state index >= 15 is 0 Å². The number of likely N-dealkylation sites (N-methyl/N-ethyl adjacent to an activating group) is 4. The van der Waals surface area contributed by atoms with Gasteiger partial charge in [0, 0.05) is 52.4 Å². The Balaban J connectivity index is -0.000000329. The molecule has 0 heterocycles. The summed E-state index contributed by atoms with van der Waals surface area (Å²) in [5, 5.41) is 69.5. The first-order chi connectivity index (χ1) is 32.7. The molecule has 428 valence electrons. The van der Waals surface area contributed by atoms with E-state index in [0.29, 0.717) is 49.2 Å². The van der Waals surface area contributed by atoms with Crippen molar-refractivity contribution in [3.8, 4) is 46.0 Å². The molecular formula is C54H80N4Ni3O14+2. The van der Waals surface area contributed by atoms with Crippen LogP contribution in [0.4, 0.5) is 0 Å². The van der Waals surface area contributed by atoms with Crippen LogP contribution in [0.5, 0.6) is 46.0 Å². The molecule has 75 heavy (non-hydrogen) atoms. The quantitative estimate of drug-likeness (QED) is 0.0528. The molecule has 21 heteroatoms. The fourth-order valence-electron chi connectivity index (χ4n) is 7.06. The minimum atomic E-state index is -0.187. The number of rotatable bonds is 20. The van der Waals surface area contributed by atoms with Crippen LogP contribution < -0.4 is 49.6 Å². The fourth-order valence-corrected chi connectivity index (χ4v) is 7.06. The van der Waals surface area contributed by atoms with Gasteiger partial charge in [-0.2, -0.15) is 0 Å². The van der Waals surface area contributed by atoms with E-state index in [9.17, 15) is 40.2 Å². The minimum Gasteiger partial charge on any atom is -0.876 e. The fraction of sp³-hybridized carbons (Fsp3) is 0.444. The summed E-state index contributed by atoms with van der Waals surface area (Å²) in [6, 6.07) is 14.7. The maximum absolute atomic E-state index is 12.4. The number of methoxy groups -OCH3 is 4. The van der Waals surface area contributed by atoms with Gasteiger partial charge in [0.15, 0.2) is 11.6 Å². The second-order valence-corrected chi connectivity index (χ2v) is 17.5. The van der Waals surface area contributed by atoms with E-state index in [1.165, 1.54) is 56.1 Å². The molecule has 0 fully saturated rings. The molecule has 4 aromatic carbocycles. The summed E-state index contributed by atoms with van der Waals surface area (Å²) in [4.78, 5) is 28.3. The van der Waals surface area contributed by atoms with Crippen LogP contribution in [0.25, 0.3) is 0 Å². The largest absolute Gasteiger partial charge is 2.00 e. The number of aryl methyl sites for hydroxylation is 4. The van der Waals surface area contributed by atoms with Crippen molar-refractivity contribution in [2.75, 3.05) is 82.8 Å². The zero-order valence-electron chi connectivity index (χ0n) is 46.2. The van der Waals surface area contributed by atoms with Crippen molar-refractivity contribution >= 4 is 11.6 Å². The van der Waals surface area contributed by atoms with E-state index in [2.05, 4.69) is 19.6 Å². The van der Waals surface area contributed by atoms with Crippen molar-refractivity contribution < 1.29 is 120 Å². The van der Waals surface area contributed by atoms with Gasteiger partial charge in [0.2, 0.25) is 0 Å². The van der Waals surface area contributed by atoms with Gasteiger partial charge < -0.3 is 80.1 Å². The van der Waals surface area contributed by atoms with Gasteiger partial charge in [0.1, 0.15) is 23.0 Å². The van der Waals surface area contributed by atoms with E-state index in [-0.39, 0.29) is 107 Å². The van der Waals surface area contributed by atoms with Gasteiger partial charge in [0.05, 0.1) is 28.4 Å². The summed E-state index contributed by atoms with van der Waals surface area (Å²) in [5.41, 5.74) is 6.95. The van der Waals surface area contributed by atoms with Gasteiger partial charge in [-0.05, 0) is 151 Å². The number of carbonyl (C=O) groups excluding carboxylic acids is 2. The third-order valence-corrected chi connectivity index (χ3v) is 10.3. The molecule has 4 aromatic rings. The number of nitrogens with zero attached hydrogens (tertiary/aromatic N) is 4. The van der Waals surface area contributed by atoms with Crippen molar-refractivity contribution in [2.24, 2.45) is 0 Å². The van der Waals surface area contributed by atoms with Gasteiger partial charge in [-0.3, -0.25) is 9.59 Å². The summed E-state index contributed by atoms with van der Waals surface area (Å²) in [6.45, 7) is 18.5. The molecule has 0 spiro atoms. The normalized spacial score (nSPS) is 10.6. The van der Waals surface area contributed by atoms with Crippen LogP contribution in [-0.4, -0.2) is 114 Å². The summed E-state index contributed by atoms with van der Waals surface area (Å²) < 4.78 is 20.7. The number of hydrogen-bond donors (Lipinski definition) is 0. The van der Waals surface area contributed by atoms with E-state index < -0.39 is 0 Å². The maximum atomic E-state index is 12.4. The molecule has 0 unspecified atom stereocenters. The van der Waals surface area contributed by atoms with Crippen molar-refractivity contribution in [3.63, 3.8) is 0 Å². The number of allylic oxidation sites excluding steroid dienone is 4. The second-order valence-electron chi connectivity index (χ2n) is 17.5. The predicted octanol–water partition coefficient (Wildman–Crippen LogP) is 1.89. The molecule has 0 aliphatic rings. The standard InChI is InChI=1S/2C22H32N2O4.2C5H8O2.3Ni.2H2O/c2*1-15-9-17(21(25)19(11-15)27-5)13-23(3)7-8-24(4)14-18-10-16(2)12-20(28-6)22(18)26;2*1-4(6)3-5(2)7;;;;;/h2*9-12,25-26H,7-8,13-14H2,1-6H3;2*3,6H,1-2H3;;;;2*1H2/q;;;;3*+2;;/p-4/b;;2*4-3-;;;;;. The molecule has 0 amide bonds. The Kier molecular flexibility index (Phi) is 42.3. The van der Waals surface area contributed by atoms with Gasteiger partial charge in [0.25, 0.3) is 0 Å². The number of ether oxygens (including phenoxy) is 4. The Morgan fingerprint density at radius 1 is 0.413 bits per heavy atom. The van der Waals surface area contributed by atoms with E-state index in [1.807, 2.05) is 80.2 Å². The summed E-state index contributed by atoms with van der Waals surface area (Å²) in [6.07, 6.45) is 2.11. The van der Waals surface area contributed by atoms with Crippen LogP contribution in [0.2, 0.25) is 0 Å². The number of carbonyl (C=O) groups is 2. The summed E-state index contributed by atoms with van der Waals surface area (Å²) in [5.74, 6) is 0.558. The number of hydrogen-bond acceptors (Lipinski definition) is 16. The molecular weight excluding hydrogens is 1100 g/mol. The molecule has 0 bridgehead atoms. The second kappa shape index (κ2) is 40.2. The first kappa shape index (κ1) is 78.8. The Hall–Kier alpha value is -5.06. The van der Waals surface area contributed by atoms with Crippen LogP contribution in [0.15, 0.2) is 72.2 Å². The van der Waals surface area contributed by atoms with Crippen LogP contribution in [-0.2, 0) is 96.2 Å². The first-order valence-corrected chi connectivity index (χ1v) is 22.6.